The molecule has 28 heavy (non-hydrogen) atoms. The van der Waals surface area contributed by atoms with Crippen LogP contribution in [0.3, 0.4) is 0 Å². The monoisotopic (exact) mass is 388 g/mol. The Morgan fingerprint density at radius 3 is 2.75 bits per heavy atom. The van der Waals surface area contributed by atoms with Gasteiger partial charge in [-0.15, -0.1) is 10.2 Å². The SMILES string of the molecule is CCOc1cc(/C=N\Nc2nnc(C)c(=O)[nH]2)ccc1O[C@H](C)C(=O)N(C)C. The first-order valence-electron chi connectivity index (χ1n) is 8.69. The van der Waals surface area contributed by atoms with Crippen LogP contribution in [0.5, 0.6) is 11.5 Å². The quantitative estimate of drug-likeness (QED) is 0.514. The second-order valence-corrected chi connectivity index (χ2v) is 6.09. The summed E-state index contributed by atoms with van der Waals surface area (Å²) in [5, 5.41) is 11.5. The average Bonchev–Trinajstić information content (AvgIpc) is 2.66. The zero-order chi connectivity index (χ0) is 20.7. The minimum absolute atomic E-state index is 0.132. The van der Waals surface area contributed by atoms with Crippen molar-refractivity contribution in [1.82, 2.24) is 20.1 Å². The van der Waals surface area contributed by atoms with Gasteiger partial charge in [-0.2, -0.15) is 5.10 Å². The number of aromatic amines is 1. The number of anilines is 1. The van der Waals surface area contributed by atoms with Crippen LogP contribution < -0.4 is 20.5 Å². The van der Waals surface area contributed by atoms with Gasteiger partial charge in [0.1, 0.15) is 5.69 Å². The highest BCUT2D eigenvalue weighted by molar-refractivity contribution is 5.82. The third-order valence-electron chi connectivity index (χ3n) is 3.60. The molecule has 0 spiro atoms. The Morgan fingerprint density at radius 2 is 2.11 bits per heavy atom. The van der Waals surface area contributed by atoms with E-state index in [1.54, 1.807) is 46.1 Å². The van der Waals surface area contributed by atoms with E-state index in [0.717, 1.165) is 5.56 Å². The van der Waals surface area contributed by atoms with Gasteiger partial charge in [-0.3, -0.25) is 14.6 Å². The van der Waals surface area contributed by atoms with Crippen LogP contribution in [-0.2, 0) is 4.79 Å². The van der Waals surface area contributed by atoms with Crippen molar-refractivity contribution in [3.05, 3.63) is 39.8 Å². The molecule has 10 heteroatoms. The molecule has 0 fully saturated rings. The largest absolute Gasteiger partial charge is 0.490 e. The van der Waals surface area contributed by atoms with Crippen LogP contribution in [0.25, 0.3) is 0 Å². The van der Waals surface area contributed by atoms with Crippen molar-refractivity contribution in [2.45, 2.75) is 26.9 Å². The molecule has 0 saturated carbocycles. The Kier molecular flexibility index (Phi) is 7.08. The first-order chi connectivity index (χ1) is 13.3. The molecule has 1 aromatic heterocycles. The van der Waals surface area contributed by atoms with Crippen LogP contribution in [0.2, 0.25) is 0 Å². The number of amides is 1. The highest BCUT2D eigenvalue weighted by Gasteiger charge is 2.18. The van der Waals surface area contributed by atoms with Gasteiger partial charge in [0.05, 0.1) is 12.8 Å². The van der Waals surface area contributed by atoms with E-state index in [4.69, 9.17) is 9.47 Å². The van der Waals surface area contributed by atoms with Crippen molar-refractivity contribution in [3.63, 3.8) is 0 Å². The van der Waals surface area contributed by atoms with Gasteiger partial charge in [-0.1, -0.05) is 0 Å². The zero-order valence-electron chi connectivity index (χ0n) is 16.5. The van der Waals surface area contributed by atoms with E-state index in [9.17, 15) is 9.59 Å². The summed E-state index contributed by atoms with van der Waals surface area (Å²) in [6.45, 7) is 5.53. The third kappa shape index (κ3) is 5.53. The third-order valence-corrected chi connectivity index (χ3v) is 3.60. The average molecular weight is 388 g/mol. The molecule has 0 unspecified atom stereocenters. The maximum absolute atomic E-state index is 12.0. The number of hydrogen-bond acceptors (Lipinski definition) is 8. The fourth-order valence-electron chi connectivity index (χ4n) is 2.19. The van der Waals surface area contributed by atoms with Crippen molar-refractivity contribution < 1.29 is 14.3 Å². The molecular formula is C18H24N6O4. The second kappa shape index (κ2) is 9.49. The molecule has 0 aliphatic heterocycles. The minimum Gasteiger partial charge on any atom is -0.490 e. The summed E-state index contributed by atoms with van der Waals surface area (Å²) in [5.74, 6) is 0.940. The molecular weight excluding hydrogens is 364 g/mol. The predicted molar refractivity (Wildman–Crippen MR) is 105 cm³/mol. The summed E-state index contributed by atoms with van der Waals surface area (Å²) >= 11 is 0. The summed E-state index contributed by atoms with van der Waals surface area (Å²) < 4.78 is 11.4. The lowest BCUT2D eigenvalue weighted by Crippen LogP contribution is -2.35. The smallest absolute Gasteiger partial charge is 0.274 e. The normalized spacial score (nSPS) is 11.9. The standard InChI is InChI=1S/C18H24N6O4/c1-6-27-15-9-13(7-8-14(15)28-12(3)17(26)24(4)5)10-19-22-18-20-16(25)11(2)21-23-18/h7-10,12H,6H2,1-5H3,(H2,20,22,23,25)/b19-10-/t12-/m1/s1. The summed E-state index contributed by atoms with van der Waals surface area (Å²) in [5.41, 5.74) is 3.26. The summed E-state index contributed by atoms with van der Waals surface area (Å²) in [7, 11) is 3.34. The van der Waals surface area contributed by atoms with Crippen LogP contribution in [-0.4, -0.2) is 59.0 Å². The maximum atomic E-state index is 12.0. The number of nitrogens with zero attached hydrogens (tertiary/aromatic N) is 4. The lowest BCUT2D eigenvalue weighted by molar-refractivity contribution is -0.135. The van der Waals surface area contributed by atoms with Crippen molar-refractivity contribution in [3.8, 4) is 11.5 Å². The van der Waals surface area contributed by atoms with Crippen LogP contribution in [0, 0.1) is 6.92 Å². The molecule has 1 heterocycles. The van der Waals surface area contributed by atoms with Gasteiger partial charge in [0.25, 0.3) is 11.5 Å². The minimum atomic E-state index is -0.646. The highest BCUT2D eigenvalue weighted by Crippen LogP contribution is 2.29. The lowest BCUT2D eigenvalue weighted by atomic mass is 10.2. The summed E-state index contributed by atoms with van der Waals surface area (Å²) in [4.78, 5) is 27.5. The Bertz CT molecular complexity index is 909. The van der Waals surface area contributed by atoms with Crippen molar-refractivity contribution >= 4 is 18.1 Å². The molecule has 10 nitrogen and oxygen atoms in total. The first kappa shape index (κ1) is 20.9. The predicted octanol–water partition coefficient (Wildman–Crippen LogP) is 1.17. The second-order valence-electron chi connectivity index (χ2n) is 6.09. The molecule has 2 rings (SSSR count). The molecule has 0 aliphatic rings. The molecule has 0 radical (unpaired) electrons. The Hall–Kier alpha value is -3.43. The first-order valence-corrected chi connectivity index (χ1v) is 8.69. The summed E-state index contributed by atoms with van der Waals surface area (Å²) in [6, 6.07) is 5.21. The van der Waals surface area contributed by atoms with Gasteiger partial charge >= 0.3 is 0 Å². The molecule has 0 aliphatic carbocycles. The van der Waals surface area contributed by atoms with E-state index >= 15 is 0 Å². The number of carbonyl (C=O) groups is 1. The number of H-pyrrole nitrogens is 1. The Morgan fingerprint density at radius 1 is 1.36 bits per heavy atom. The Labute approximate surface area is 162 Å². The topological polar surface area (TPSA) is 122 Å². The number of rotatable bonds is 8. The molecule has 1 atom stereocenters. The van der Waals surface area contributed by atoms with Crippen LogP contribution in [0.1, 0.15) is 25.1 Å². The van der Waals surface area contributed by atoms with E-state index in [-0.39, 0.29) is 23.1 Å². The number of hydrazone groups is 1. The van der Waals surface area contributed by atoms with E-state index in [2.05, 4.69) is 25.7 Å². The molecule has 0 saturated heterocycles. The van der Waals surface area contributed by atoms with E-state index in [0.29, 0.717) is 18.1 Å². The van der Waals surface area contributed by atoms with Gasteiger partial charge in [0.2, 0.25) is 5.95 Å². The summed E-state index contributed by atoms with van der Waals surface area (Å²) in [6.07, 6.45) is 0.882. The van der Waals surface area contributed by atoms with Crippen LogP contribution >= 0.6 is 0 Å². The molecule has 1 aromatic carbocycles. The lowest BCUT2D eigenvalue weighted by Gasteiger charge is -2.20. The molecule has 2 N–H and O–H groups in total. The van der Waals surface area contributed by atoms with Gasteiger partial charge in [0.15, 0.2) is 17.6 Å². The fraction of sp³-hybridized carbons (Fsp3) is 0.389. The number of ether oxygens (including phenoxy) is 2. The maximum Gasteiger partial charge on any atom is 0.274 e. The van der Waals surface area contributed by atoms with Crippen molar-refractivity contribution in [2.24, 2.45) is 5.10 Å². The van der Waals surface area contributed by atoms with Crippen molar-refractivity contribution in [1.29, 1.82) is 0 Å². The number of aromatic nitrogens is 3. The van der Waals surface area contributed by atoms with Gasteiger partial charge in [-0.25, -0.2) is 5.43 Å². The number of hydrogen-bond donors (Lipinski definition) is 2. The number of likely N-dealkylation sites (N-methyl/N-ethyl adjacent to an activating group) is 1. The van der Waals surface area contributed by atoms with Crippen LogP contribution in [0.15, 0.2) is 28.1 Å². The number of carbonyl (C=O) groups excluding carboxylic acids is 1. The molecule has 1 amide bonds. The number of nitrogens with one attached hydrogen (secondary N) is 2. The number of aryl methyl sites for hydroxylation is 1. The molecule has 0 bridgehead atoms. The molecule has 2 aromatic rings. The fourth-order valence-corrected chi connectivity index (χ4v) is 2.19. The van der Waals surface area contributed by atoms with Crippen molar-refractivity contribution in [2.75, 3.05) is 26.1 Å². The number of benzene rings is 1. The highest BCUT2D eigenvalue weighted by atomic mass is 16.5. The van der Waals surface area contributed by atoms with Gasteiger partial charge in [-0.05, 0) is 44.5 Å². The van der Waals surface area contributed by atoms with Gasteiger partial charge in [0, 0.05) is 14.1 Å². The Balaban J connectivity index is 2.13. The van der Waals surface area contributed by atoms with Crippen LogP contribution in [0.4, 0.5) is 5.95 Å². The van der Waals surface area contributed by atoms with Gasteiger partial charge < -0.3 is 14.4 Å². The van der Waals surface area contributed by atoms with E-state index in [1.807, 2.05) is 6.92 Å². The van der Waals surface area contributed by atoms with E-state index in [1.165, 1.54) is 11.1 Å². The zero-order valence-corrected chi connectivity index (χ0v) is 16.5. The van der Waals surface area contributed by atoms with E-state index < -0.39 is 6.10 Å². The molecule has 150 valence electrons.